The Morgan fingerprint density at radius 3 is 2.92 bits per heavy atom. The lowest BCUT2D eigenvalue weighted by Crippen LogP contribution is -1.95. The van der Waals surface area contributed by atoms with E-state index in [-0.39, 0.29) is 5.97 Å². The molecule has 0 amide bonds. The highest BCUT2D eigenvalue weighted by Gasteiger charge is 2.23. The fourth-order valence-electron chi connectivity index (χ4n) is 1.55. The Hall–Kier alpha value is -1.51. The highest BCUT2D eigenvalue weighted by molar-refractivity contribution is 5.94. The van der Waals surface area contributed by atoms with Gasteiger partial charge in [-0.3, -0.25) is 0 Å². The topological polar surface area (TPSA) is 35.5 Å². The van der Waals surface area contributed by atoms with Gasteiger partial charge in [-0.2, -0.15) is 0 Å². The van der Waals surface area contributed by atoms with E-state index in [2.05, 4.69) is 0 Å². The predicted octanol–water partition coefficient (Wildman–Crippen LogP) is 1.67. The molecule has 0 unspecified atom stereocenters. The van der Waals surface area contributed by atoms with Crippen LogP contribution in [0.5, 0.6) is 5.75 Å². The first kappa shape index (κ1) is 8.10. The number of benzene rings is 1. The molecular weight excluding hydrogens is 168 g/mol. The second-order valence-corrected chi connectivity index (χ2v) is 3.00. The summed E-state index contributed by atoms with van der Waals surface area (Å²) in [6.07, 6.45) is 0. The summed E-state index contributed by atoms with van der Waals surface area (Å²) in [4.78, 5) is 11.2. The summed E-state index contributed by atoms with van der Waals surface area (Å²) in [5.74, 6) is 0.567. The van der Waals surface area contributed by atoms with Crippen LogP contribution in [0.1, 0.15) is 21.5 Å². The van der Waals surface area contributed by atoms with E-state index in [0.29, 0.717) is 12.2 Å². The molecule has 1 heterocycles. The number of methoxy groups -OCH3 is 1. The maximum absolute atomic E-state index is 11.2. The minimum atomic E-state index is -0.235. The molecule has 0 fully saturated rings. The average Bonchev–Trinajstić information content (AvgIpc) is 2.50. The summed E-state index contributed by atoms with van der Waals surface area (Å²) in [5.41, 5.74) is 2.61. The third-order valence-electron chi connectivity index (χ3n) is 2.34. The van der Waals surface area contributed by atoms with E-state index in [1.165, 1.54) is 0 Å². The minimum absolute atomic E-state index is 0.235. The lowest BCUT2D eigenvalue weighted by atomic mass is 10.0. The Kier molecular flexibility index (Phi) is 1.72. The first-order valence-electron chi connectivity index (χ1n) is 4.07. The van der Waals surface area contributed by atoms with Gasteiger partial charge in [-0.15, -0.1) is 0 Å². The first-order valence-corrected chi connectivity index (χ1v) is 4.07. The van der Waals surface area contributed by atoms with Gasteiger partial charge in [-0.25, -0.2) is 4.79 Å². The molecule has 0 saturated carbocycles. The largest absolute Gasteiger partial charge is 0.496 e. The Labute approximate surface area is 76.3 Å². The number of rotatable bonds is 1. The van der Waals surface area contributed by atoms with Gasteiger partial charge in [0.25, 0.3) is 0 Å². The van der Waals surface area contributed by atoms with Gasteiger partial charge >= 0.3 is 5.97 Å². The van der Waals surface area contributed by atoms with Crippen LogP contribution in [0.4, 0.5) is 0 Å². The second-order valence-electron chi connectivity index (χ2n) is 3.00. The molecule has 1 aliphatic rings. The van der Waals surface area contributed by atoms with Gasteiger partial charge in [0, 0.05) is 5.56 Å². The van der Waals surface area contributed by atoms with Gasteiger partial charge in [-0.05, 0) is 24.6 Å². The number of carbonyl (C=O) groups excluding carboxylic acids is 1. The van der Waals surface area contributed by atoms with E-state index < -0.39 is 0 Å². The van der Waals surface area contributed by atoms with E-state index in [4.69, 9.17) is 9.47 Å². The van der Waals surface area contributed by atoms with Gasteiger partial charge < -0.3 is 9.47 Å². The van der Waals surface area contributed by atoms with Crippen LogP contribution < -0.4 is 4.74 Å². The van der Waals surface area contributed by atoms with Crippen molar-refractivity contribution in [2.24, 2.45) is 0 Å². The highest BCUT2D eigenvalue weighted by Crippen LogP contribution is 2.29. The molecule has 0 aromatic heterocycles. The van der Waals surface area contributed by atoms with Crippen molar-refractivity contribution in [1.29, 1.82) is 0 Å². The summed E-state index contributed by atoms with van der Waals surface area (Å²) in [6.45, 7) is 2.30. The normalized spacial score (nSPS) is 13.8. The Balaban J connectivity index is 2.60. The van der Waals surface area contributed by atoms with Crippen molar-refractivity contribution >= 4 is 5.97 Å². The standard InChI is InChI=1S/C10H10O3/c1-6-8-5-13-10(11)7(8)3-4-9(6)12-2/h3-4H,5H2,1-2H3. The first-order chi connectivity index (χ1) is 6.24. The highest BCUT2D eigenvalue weighted by atomic mass is 16.5. The fraction of sp³-hybridized carbons (Fsp3) is 0.300. The van der Waals surface area contributed by atoms with E-state index in [1.807, 2.05) is 6.92 Å². The molecule has 0 radical (unpaired) electrons. The van der Waals surface area contributed by atoms with Gasteiger partial charge in [0.2, 0.25) is 0 Å². The van der Waals surface area contributed by atoms with Crippen LogP contribution in [0.25, 0.3) is 0 Å². The van der Waals surface area contributed by atoms with Crippen molar-refractivity contribution in [3.63, 3.8) is 0 Å². The van der Waals surface area contributed by atoms with Crippen molar-refractivity contribution in [2.45, 2.75) is 13.5 Å². The molecule has 68 valence electrons. The predicted molar refractivity (Wildman–Crippen MR) is 46.9 cm³/mol. The summed E-state index contributed by atoms with van der Waals surface area (Å²) in [5, 5.41) is 0. The lowest BCUT2D eigenvalue weighted by Gasteiger charge is -2.06. The van der Waals surface area contributed by atoms with Crippen molar-refractivity contribution < 1.29 is 14.3 Å². The maximum atomic E-state index is 11.2. The Morgan fingerprint density at radius 1 is 1.46 bits per heavy atom. The third kappa shape index (κ3) is 1.08. The number of esters is 1. The molecule has 0 bridgehead atoms. The van der Waals surface area contributed by atoms with E-state index in [1.54, 1.807) is 19.2 Å². The summed E-state index contributed by atoms with van der Waals surface area (Å²) in [7, 11) is 1.62. The molecule has 3 nitrogen and oxygen atoms in total. The lowest BCUT2D eigenvalue weighted by molar-refractivity contribution is 0.0535. The van der Waals surface area contributed by atoms with Gasteiger partial charge in [0.15, 0.2) is 0 Å². The molecule has 1 aromatic carbocycles. The molecule has 1 aromatic rings. The molecule has 0 N–H and O–H groups in total. The monoisotopic (exact) mass is 178 g/mol. The van der Waals surface area contributed by atoms with Crippen molar-refractivity contribution in [2.75, 3.05) is 7.11 Å². The number of hydrogen-bond acceptors (Lipinski definition) is 3. The van der Waals surface area contributed by atoms with Crippen molar-refractivity contribution in [3.05, 3.63) is 28.8 Å². The smallest absolute Gasteiger partial charge is 0.338 e. The Bertz CT molecular complexity index is 369. The fourth-order valence-corrected chi connectivity index (χ4v) is 1.55. The van der Waals surface area contributed by atoms with Crippen LogP contribution in [-0.2, 0) is 11.3 Å². The molecule has 2 rings (SSSR count). The maximum Gasteiger partial charge on any atom is 0.338 e. The van der Waals surface area contributed by atoms with Crippen LogP contribution in [-0.4, -0.2) is 13.1 Å². The molecule has 13 heavy (non-hydrogen) atoms. The van der Waals surface area contributed by atoms with E-state index in [0.717, 1.165) is 16.9 Å². The Morgan fingerprint density at radius 2 is 2.23 bits per heavy atom. The minimum Gasteiger partial charge on any atom is -0.496 e. The molecule has 0 aliphatic carbocycles. The summed E-state index contributed by atoms with van der Waals surface area (Å²) in [6, 6.07) is 3.54. The van der Waals surface area contributed by atoms with Gasteiger partial charge in [0.1, 0.15) is 12.4 Å². The van der Waals surface area contributed by atoms with Crippen LogP contribution >= 0.6 is 0 Å². The van der Waals surface area contributed by atoms with E-state index in [9.17, 15) is 4.79 Å². The molecule has 0 atom stereocenters. The van der Waals surface area contributed by atoms with Crippen LogP contribution in [0.15, 0.2) is 12.1 Å². The number of cyclic esters (lactones) is 1. The molecule has 0 saturated heterocycles. The van der Waals surface area contributed by atoms with Gasteiger partial charge in [0.05, 0.1) is 12.7 Å². The number of hydrogen-bond donors (Lipinski definition) is 0. The molecular formula is C10H10O3. The quantitative estimate of drug-likeness (QED) is 0.613. The number of ether oxygens (including phenoxy) is 2. The SMILES string of the molecule is COc1ccc2c(c1C)COC2=O. The number of carbonyl (C=O) groups is 1. The molecule has 0 spiro atoms. The third-order valence-corrected chi connectivity index (χ3v) is 2.34. The molecule has 1 aliphatic heterocycles. The zero-order chi connectivity index (χ0) is 9.42. The van der Waals surface area contributed by atoms with Crippen LogP contribution in [0, 0.1) is 6.92 Å². The van der Waals surface area contributed by atoms with E-state index >= 15 is 0 Å². The van der Waals surface area contributed by atoms with Crippen molar-refractivity contribution in [3.8, 4) is 5.75 Å². The van der Waals surface area contributed by atoms with Gasteiger partial charge in [-0.1, -0.05) is 0 Å². The zero-order valence-corrected chi connectivity index (χ0v) is 7.59. The zero-order valence-electron chi connectivity index (χ0n) is 7.59. The summed E-state index contributed by atoms with van der Waals surface area (Å²) >= 11 is 0. The van der Waals surface area contributed by atoms with Crippen LogP contribution in [0.2, 0.25) is 0 Å². The summed E-state index contributed by atoms with van der Waals surface area (Å²) < 4.78 is 10.0. The average molecular weight is 178 g/mol. The number of fused-ring (bicyclic) bond motifs is 1. The van der Waals surface area contributed by atoms with Crippen molar-refractivity contribution in [1.82, 2.24) is 0 Å². The molecule has 3 heteroatoms. The second kappa shape index (κ2) is 2.76. The van der Waals surface area contributed by atoms with Crippen LogP contribution in [0.3, 0.4) is 0 Å².